The van der Waals surface area contributed by atoms with Crippen LogP contribution in [0.25, 0.3) is 0 Å². The Morgan fingerprint density at radius 3 is 2.45 bits per heavy atom. The van der Waals surface area contributed by atoms with Crippen LogP contribution in [0.4, 0.5) is 4.79 Å². The van der Waals surface area contributed by atoms with Gasteiger partial charge >= 0.3 is 6.09 Å². The minimum atomic E-state index is -0.249. The third kappa shape index (κ3) is 8.03. The Morgan fingerprint density at radius 2 is 2.00 bits per heavy atom. The van der Waals surface area contributed by atoms with Crippen molar-refractivity contribution in [1.29, 1.82) is 0 Å². The van der Waals surface area contributed by atoms with Gasteiger partial charge in [0.05, 0.1) is 0 Å². The summed E-state index contributed by atoms with van der Waals surface area (Å²) in [4.78, 5) is 16.3. The molecule has 0 aromatic heterocycles. The Hall–Kier alpha value is -1.55. The van der Waals surface area contributed by atoms with Crippen molar-refractivity contribution in [1.82, 2.24) is 9.80 Å². The SMILES string of the molecule is C=C/C(=C\C=C/C)COC(=O)N(CC)C(CC)CCN(C)C. The topological polar surface area (TPSA) is 32.8 Å². The summed E-state index contributed by atoms with van der Waals surface area (Å²) in [6.45, 7) is 11.7. The summed E-state index contributed by atoms with van der Waals surface area (Å²) in [5.41, 5.74) is 0.892. The lowest BCUT2D eigenvalue weighted by Crippen LogP contribution is -2.41. The summed E-state index contributed by atoms with van der Waals surface area (Å²) in [6.07, 6.45) is 9.09. The predicted octanol–water partition coefficient (Wildman–Crippen LogP) is 3.86. The maximum Gasteiger partial charge on any atom is 0.410 e. The summed E-state index contributed by atoms with van der Waals surface area (Å²) < 4.78 is 5.43. The van der Waals surface area contributed by atoms with Crippen LogP contribution < -0.4 is 0 Å². The molecule has 0 aliphatic carbocycles. The molecule has 0 aliphatic rings. The Kier molecular flexibility index (Phi) is 11.2. The van der Waals surface area contributed by atoms with Gasteiger partial charge in [-0.25, -0.2) is 4.79 Å². The number of carbonyl (C=O) groups excluding carboxylic acids is 1. The van der Waals surface area contributed by atoms with Crippen molar-refractivity contribution >= 4 is 6.09 Å². The normalized spacial score (nSPS) is 13.5. The van der Waals surface area contributed by atoms with Crippen LogP contribution in [0, 0.1) is 0 Å². The molecule has 4 heteroatoms. The fraction of sp³-hybridized carbons (Fsp3) is 0.611. The van der Waals surface area contributed by atoms with Crippen molar-refractivity contribution in [3.8, 4) is 0 Å². The Bertz CT molecular complexity index is 387. The lowest BCUT2D eigenvalue weighted by molar-refractivity contribution is 0.0907. The van der Waals surface area contributed by atoms with Crippen molar-refractivity contribution in [2.24, 2.45) is 0 Å². The van der Waals surface area contributed by atoms with E-state index < -0.39 is 0 Å². The molecule has 0 saturated carbocycles. The van der Waals surface area contributed by atoms with Crippen LogP contribution in [0.3, 0.4) is 0 Å². The summed E-state index contributed by atoms with van der Waals surface area (Å²) >= 11 is 0. The highest BCUT2D eigenvalue weighted by molar-refractivity contribution is 5.68. The third-order valence-corrected chi connectivity index (χ3v) is 3.52. The van der Waals surface area contributed by atoms with Gasteiger partial charge in [-0.15, -0.1) is 0 Å². The molecule has 0 fully saturated rings. The molecule has 22 heavy (non-hydrogen) atoms. The van der Waals surface area contributed by atoms with Gasteiger partial charge in [-0.1, -0.05) is 37.8 Å². The van der Waals surface area contributed by atoms with Crippen LogP contribution in [-0.2, 0) is 4.74 Å². The molecular weight excluding hydrogens is 276 g/mol. The summed E-state index contributed by atoms with van der Waals surface area (Å²) in [5, 5.41) is 0. The Labute approximate surface area is 136 Å². The van der Waals surface area contributed by atoms with Crippen molar-refractivity contribution in [3.63, 3.8) is 0 Å². The van der Waals surface area contributed by atoms with E-state index in [4.69, 9.17) is 4.74 Å². The van der Waals surface area contributed by atoms with E-state index in [-0.39, 0.29) is 18.7 Å². The summed E-state index contributed by atoms with van der Waals surface area (Å²) in [7, 11) is 4.09. The molecule has 0 rings (SSSR count). The molecule has 0 aromatic carbocycles. The lowest BCUT2D eigenvalue weighted by Gasteiger charge is -2.30. The van der Waals surface area contributed by atoms with Crippen molar-refractivity contribution in [2.45, 2.75) is 39.7 Å². The maximum absolute atomic E-state index is 12.3. The first-order valence-corrected chi connectivity index (χ1v) is 8.02. The minimum Gasteiger partial charge on any atom is -0.445 e. The van der Waals surface area contributed by atoms with Crippen molar-refractivity contribution < 1.29 is 9.53 Å². The van der Waals surface area contributed by atoms with Gasteiger partial charge in [-0.3, -0.25) is 0 Å². The molecule has 0 saturated heterocycles. The van der Waals surface area contributed by atoms with Gasteiger partial charge in [0.1, 0.15) is 6.61 Å². The first kappa shape index (κ1) is 20.5. The number of nitrogens with zero attached hydrogens (tertiary/aromatic N) is 2. The smallest absolute Gasteiger partial charge is 0.410 e. The van der Waals surface area contributed by atoms with Crippen LogP contribution in [0.5, 0.6) is 0 Å². The second kappa shape index (κ2) is 12.0. The van der Waals surface area contributed by atoms with Crippen LogP contribution in [0.2, 0.25) is 0 Å². The quantitative estimate of drug-likeness (QED) is 0.574. The first-order valence-electron chi connectivity index (χ1n) is 8.02. The number of amides is 1. The second-order valence-electron chi connectivity index (χ2n) is 5.47. The zero-order valence-corrected chi connectivity index (χ0v) is 14.8. The molecule has 0 aromatic rings. The number of allylic oxidation sites excluding steroid dienone is 3. The highest BCUT2D eigenvalue weighted by Gasteiger charge is 2.22. The van der Waals surface area contributed by atoms with E-state index in [1.165, 1.54) is 0 Å². The van der Waals surface area contributed by atoms with E-state index in [0.29, 0.717) is 6.54 Å². The number of ether oxygens (including phenoxy) is 1. The first-order chi connectivity index (χ1) is 10.5. The largest absolute Gasteiger partial charge is 0.445 e. The second-order valence-corrected chi connectivity index (χ2v) is 5.47. The minimum absolute atomic E-state index is 0.214. The molecule has 0 radical (unpaired) electrons. The number of hydrogen-bond donors (Lipinski definition) is 0. The zero-order valence-electron chi connectivity index (χ0n) is 14.8. The number of carbonyl (C=O) groups is 1. The van der Waals surface area contributed by atoms with Gasteiger partial charge in [0.15, 0.2) is 0 Å². The van der Waals surface area contributed by atoms with Gasteiger partial charge in [0.25, 0.3) is 0 Å². The Balaban J connectivity index is 4.64. The van der Waals surface area contributed by atoms with E-state index in [9.17, 15) is 4.79 Å². The average Bonchev–Trinajstić information content (AvgIpc) is 2.51. The van der Waals surface area contributed by atoms with Gasteiger partial charge < -0.3 is 14.5 Å². The fourth-order valence-corrected chi connectivity index (χ4v) is 2.15. The number of rotatable bonds is 10. The average molecular weight is 308 g/mol. The number of hydrogen-bond acceptors (Lipinski definition) is 3. The van der Waals surface area contributed by atoms with Gasteiger partial charge in [0.2, 0.25) is 0 Å². The molecule has 0 spiro atoms. The molecule has 1 unspecified atom stereocenters. The predicted molar refractivity (Wildman–Crippen MR) is 94.1 cm³/mol. The van der Waals surface area contributed by atoms with E-state index in [1.54, 1.807) is 6.08 Å². The van der Waals surface area contributed by atoms with Crippen LogP contribution in [0.1, 0.15) is 33.6 Å². The Morgan fingerprint density at radius 1 is 1.32 bits per heavy atom. The van der Waals surface area contributed by atoms with E-state index in [0.717, 1.165) is 25.0 Å². The summed E-state index contributed by atoms with van der Waals surface area (Å²) in [5.74, 6) is 0. The molecular formula is C18H32N2O2. The fourth-order valence-electron chi connectivity index (χ4n) is 2.15. The molecule has 0 N–H and O–H groups in total. The van der Waals surface area contributed by atoms with Gasteiger partial charge in [-0.2, -0.15) is 0 Å². The highest BCUT2D eigenvalue weighted by atomic mass is 16.6. The van der Waals surface area contributed by atoms with Crippen LogP contribution in [0.15, 0.2) is 36.5 Å². The van der Waals surface area contributed by atoms with Gasteiger partial charge in [-0.05, 0) is 52.9 Å². The molecule has 1 atom stereocenters. The molecule has 126 valence electrons. The molecule has 1 amide bonds. The van der Waals surface area contributed by atoms with Crippen LogP contribution in [-0.4, -0.2) is 55.7 Å². The molecule has 0 bridgehead atoms. The molecule has 0 heterocycles. The highest BCUT2D eigenvalue weighted by Crippen LogP contribution is 2.12. The third-order valence-electron chi connectivity index (χ3n) is 3.52. The van der Waals surface area contributed by atoms with E-state index in [2.05, 4.69) is 18.4 Å². The molecule has 4 nitrogen and oxygen atoms in total. The standard InChI is InChI=1S/C18H32N2O2/c1-7-11-12-16(8-2)15-22-18(21)20(10-4)17(9-3)13-14-19(5)6/h7-8,11-12,17H,2,9-10,13-15H2,1,3-6H3/b11-7-,16-12+. The monoisotopic (exact) mass is 308 g/mol. The van der Waals surface area contributed by atoms with E-state index >= 15 is 0 Å². The molecule has 0 aliphatic heterocycles. The van der Waals surface area contributed by atoms with Crippen molar-refractivity contribution in [2.75, 3.05) is 33.8 Å². The summed E-state index contributed by atoms with van der Waals surface area (Å²) in [6, 6.07) is 0.214. The van der Waals surface area contributed by atoms with Crippen LogP contribution >= 0.6 is 0 Å². The lowest BCUT2D eigenvalue weighted by atomic mass is 10.1. The van der Waals surface area contributed by atoms with Crippen molar-refractivity contribution in [3.05, 3.63) is 36.5 Å². The van der Waals surface area contributed by atoms with Gasteiger partial charge in [0, 0.05) is 12.6 Å². The van der Waals surface area contributed by atoms with E-state index in [1.807, 2.05) is 51.1 Å². The maximum atomic E-state index is 12.3. The zero-order chi connectivity index (χ0) is 17.0.